The van der Waals surface area contributed by atoms with E-state index in [0.717, 1.165) is 0 Å². The van der Waals surface area contributed by atoms with Crippen LogP contribution in [0.1, 0.15) is 6.92 Å². The lowest BCUT2D eigenvalue weighted by Crippen LogP contribution is -2.51. The van der Waals surface area contributed by atoms with Crippen molar-refractivity contribution in [3.05, 3.63) is 0 Å². The first-order valence-corrected chi connectivity index (χ1v) is 4.74. The predicted octanol–water partition coefficient (Wildman–Crippen LogP) is -1.75. The molecule has 0 aliphatic heterocycles. The molecule has 16 heavy (non-hydrogen) atoms. The Balaban J connectivity index is 4.31. The summed E-state index contributed by atoms with van der Waals surface area (Å²) in [6.07, 6.45) is 0. The Morgan fingerprint density at radius 2 is 1.88 bits per heavy atom. The molecule has 0 aliphatic carbocycles. The standard InChI is InChI=1S/C9H17N3O4/c1-6(13)11-7(5-12(2)3)9(16)10-4-8(14)15/h7H,4-5H2,1-3H3,(H,10,16)(H,11,13)(H,14,15)/t7-/m0/s1. The van der Waals surface area contributed by atoms with E-state index >= 15 is 0 Å². The summed E-state index contributed by atoms with van der Waals surface area (Å²) in [5, 5.41) is 13.1. The van der Waals surface area contributed by atoms with E-state index in [9.17, 15) is 14.4 Å². The molecule has 3 N–H and O–H groups in total. The third-order valence-electron chi connectivity index (χ3n) is 1.66. The Morgan fingerprint density at radius 1 is 1.31 bits per heavy atom. The molecular formula is C9H17N3O4. The van der Waals surface area contributed by atoms with Gasteiger partial charge < -0.3 is 20.6 Å². The van der Waals surface area contributed by atoms with E-state index in [0.29, 0.717) is 6.54 Å². The lowest BCUT2D eigenvalue weighted by atomic mass is 10.2. The van der Waals surface area contributed by atoms with Crippen molar-refractivity contribution in [2.75, 3.05) is 27.2 Å². The molecule has 0 rings (SSSR count). The van der Waals surface area contributed by atoms with Crippen LogP contribution in [0, 0.1) is 0 Å². The summed E-state index contributed by atoms with van der Waals surface area (Å²) in [4.78, 5) is 34.3. The van der Waals surface area contributed by atoms with Crippen LogP contribution in [0.5, 0.6) is 0 Å². The van der Waals surface area contributed by atoms with Gasteiger partial charge in [0.1, 0.15) is 12.6 Å². The van der Waals surface area contributed by atoms with Gasteiger partial charge in [0.2, 0.25) is 11.8 Å². The number of aliphatic carboxylic acids is 1. The SMILES string of the molecule is CC(=O)N[C@@H](CN(C)C)C(=O)NCC(=O)O. The molecule has 92 valence electrons. The Kier molecular flexibility index (Phi) is 6.09. The highest BCUT2D eigenvalue weighted by atomic mass is 16.4. The number of carboxylic acid groups (broad SMARTS) is 1. The minimum Gasteiger partial charge on any atom is -0.480 e. The second-order valence-corrected chi connectivity index (χ2v) is 3.63. The summed E-state index contributed by atoms with van der Waals surface area (Å²) in [6.45, 7) is 1.15. The molecule has 7 nitrogen and oxygen atoms in total. The number of amides is 2. The molecule has 0 aromatic carbocycles. The van der Waals surface area contributed by atoms with E-state index in [1.807, 2.05) is 0 Å². The third kappa shape index (κ3) is 6.77. The number of hydrogen-bond acceptors (Lipinski definition) is 4. The van der Waals surface area contributed by atoms with Crippen LogP contribution in [0.25, 0.3) is 0 Å². The van der Waals surface area contributed by atoms with Crippen LogP contribution >= 0.6 is 0 Å². The number of nitrogens with one attached hydrogen (secondary N) is 2. The van der Waals surface area contributed by atoms with E-state index in [2.05, 4.69) is 10.6 Å². The number of likely N-dealkylation sites (N-methyl/N-ethyl adjacent to an activating group) is 1. The van der Waals surface area contributed by atoms with Crippen LogP contribution in [0.2, 0.25) is 0 Å². The fourth-order valence-corrected chi connectivity index (χ4v) is 1.09. The lowest BCUT2D eigenvalue weighted by Gasteiger charge is -2.20. The maximum absolute atomic E-state index is 11.5. The summed E-state index contributed by atoms with van der Waals surface area (Å²) >= 11 is 0. The smallest absolute Gasteiger partial charge is 0.322 e. The van der Waals surface area contributed by atoms with Gasteiger partial charge in [0, 0.05) is 13.5 Å². The van der Waals surface area contributed by atoms with Crippen molar-refractivity contribution in [1.82, 2.24) is 15.5 Å². The number of carboxylic acids is 1. The van der Waals surface area contributed by atoms with Crippen LogP contribution in [0.15, 0.2) is 0 Å². The fraction of sp³-hybridized carbons (Fsp3) is 0.667. The first-order chi connectivity index (χ1) is 7.32. The van der Waals surface area contributed by atoms with Crippen LogP contribution in [-0.2, 0) is 14.4 Å². The largest absolute Gasteiger partial charge is 0.480 e. The highest BCUT2D eigenvalue weighted by Gasteiger charge is 2.20. The van der Waals surface area contributed by atoms with Crippen molar-refractivity contribution in [3.8, 4) is 0 Å². The monoisotopic (exact) mass is 231 g/mol. The molecule has 0 unspecified atom stereocenters. The summed E-state index contributed by atoms with van der Waals surface area (Å²) in [6, 6.07) is -0.744. The van der Waals surface area contributed by atoms with Gasteiger partial charge in [-0.05, 0) is 14.1 Å². The van der Waals surface area contributed by atoms with Gasteiger partial charge in [-0.15, -0.1) is 0 Å². The molecule has 0 spiro atoms. The lowest BCUT2D eigenvalue weighted by molar-refractivity contribution is -0.138. The molecule has 0 aliphatic rings. The van der Waals surface area contributed by atoms with E-state index in [-0.39, 0.29) is 5.91 Å². The number of rotatable bonds is 6. The summed E-state index contributed by atoms with van der Waals surface area (Å²) in [7, 11) is 3.50. The molecule has 0 radical (unpaired) electrons. The molecule has 7 heteroatoms. The number of nitrogens with zero attached hydrogens (tertiary/aromatic N) is 1. The van der Waals surface area contributed by atoms with Crippen LogP contribution < -0.4 is 10.6 Å². The molecule has 0 heterocycles. The van der Waals surface area contributed by atoms with Gasteiger partial charge in [-0.3, -0.25) is 14.4 Å². The van der Waals surface area contributed by atoms with Crippen molar-refractivity contribution in [3.63, 3.8) is 0 Å². The van der Waals surface area contributed by atoms with E-state index in [1.54, 1.807) is 19.0 Å². The number of hydrogen-bond donors (Lipinski definition) is 3. The summed E-state index contributed by atoms with van der Waals surface area (Å²) in [5.41, 5.74) is 0. The van der Waals surface area contributed by atoms with Gasteiger partial charge in [0.05, 0.1) is 0 Å². The first-order valence-electron chi connectivity index (χ1n) is 4.74. The topological polar surface area (TPSA) is 98.7 Å². The zero-order valence-electron chi connectivity index (χ0n) is 9.61. The van der Waals surface area contributed by atoms with Crippen molar-refractivity contribution >= 4 is 17.8 Å². The highest BCUT2D eigenvalue weighted by molar-refractivity contribution is 5.88. The van der Waals surface area contributed by atoms with Gasteiger partial charge in [-0.1, -0.05) is 0 Å². The maximum Gasteiger partial charge on any atom is 0.322 e. The molecular weight excluding hydrogens is 214 g/mol. The molecule has 0 fully saturated rings. The second-order valence-electron chi connectivity index (χ2n) is 3.63. The van der Waals surface area contributed by atoms with Crippen molar-refractivity contribution in [2.45, 2.75) is 13.0 Å². The zero-order chi connectivity index (χ0) is 12.7. The van der Waals surface area contributed by atoms with Crippen molar-refractivity contribution < 1.29 is 19.5 Å². The quantitative estimate of drug-likeness (QED) is 0.503. The first kappa shape index (κ1) is 14.4. The molecule has 2 amide bonds. The van der Waals surface area contributed by atoms with E-state index in [1.165, 1.54) is 6.92 Å². The summed E-state index contributed by atoms with van der Waals surface area (Å²) in [5.74, 6) is -1.97. The Bertz CT molecular complexity index is 278. The van der Waals surface area contributed by atoms with Crippen molar-refractivity contribution in [1.29, 1.82) is 0 Å². The Hall–Kier alpha value is -1.63. The van der Waals surface area contributed by atoms with Crippen molar-refractivity contribution in [2.24, 2.45) is 0 Å². The van der Waals surface area contributed by atoms with Gasteiger partial charge in [0.25, 0.3) is 0 Å². The number of carbonyl (C=O) groups is 3. The minimum absolute atomic E-state index is 0.311. The fourth-order valence-electron chi connectivity index (χ4n) is 1.09. The molecule has 1 atom stereocenters. The minimum atomic E-state index is -1.13. The Labute approximate surface area is 93.8 Å². The normalized spacial score (nSPS) is 12.0. The Morgan fingerprint density at radius 3 is 2.25 bits per heavy atom. The van der Waals surface area contributed by atoms with Gasteiger partial charge >= 0.3 is 5.97 Å². The van der Waals surface area contributed by atoms with Crippen LogP contribution in [0.3, 0.4) is 0 Å². The molecule has 0 aromatic heterocycles. The van der Waals surface area contributed by atoms with Crippen LogP contribution in [-0.4, -0.2) is 61.0 Å². The van der Waals surface area contributed by atoms with E-state index < -0.39 is 24.5 Å². The average Bonchev–Trinajstić information content (AvgIpc) is 2.11. The molecule has 0 saturated heterocycles. The average molecular weight is 231 g/mol. The second kappa shape index (κ2) is 6.78. The number of carbonyl (C=O) groups excluding carboxylic acids is 2. The van der Waals surface area contributed by atoms with Gasteiger partial charge in [-0.25, -0.2) is 0 Å². The molecule has 0 bridgehead atoms. The van der Waals surface area contributed by atoms with Crippen LogP contribution in [0.4, 0.5) is 0 Å². The van der Waals surface area contributed by atoms with E-state index in [4.69, 9.17) is 5.11 Å². The zero-order valence-corrected chi connectivity index (χ0v) is 9.61. The van der Waals surface area contributed by atoms with Gasteiger partial charge in [0.15, 0.2) is 0 Å². The predicted molar refractivity (Wildman–Crippen MR) is 56.8 cm³/mol. The molecule has 0 aromatic rings. The maximum atomic E-state index is 11.5. The van der Waals surface area contributed by atoms with Gasteiger partial charge in [-0.2, -0.15) is 0 Å². The third-order valence-corrected chi connectivity index (χ3v) is 1.66. The molecule has 0 saturated carbocycles. The highest BCUT2D eigenvalue weighted by Crippen LogP contribution is 1.88. The summed E-state index contributed by atoms with van der Waals surface area (Å²) < 4.78 is 0.